The fourth-order valence-electron chi connectivity index (χ4n) is 1.41. The van der Waals surface area contributed by atoms with Gasteiger partial charge in [-0.25, -0.2) is 0 Å². The van der Waals surface area contributed by atoms with Crippen LogP contribution in [-0.4, -0.2) is 8.07 Å². The Morgan fingerprint density at radius 3 is 1.38 bits per heavy atom. The Hall–Kier alpha value is -1.10. The molecule has 0 aromatic rings. The minimum absolute atomic E-state index is 0.565. The second kappa shape index (κ2) is 5.53. The van der Waals surface area contributed by atoms with Gasteiger partial charge in [-0.2, -0.15) is 0 Å². The van der Waals surface area contributed by atoms with Crippen molar-refractivity contribution in [3.05, 3.63) is 0 Å². The third-order valence-corrected chi connectivity index (χ3v) is 7.76. The zero-order valence-corrected chi connectivity index (χ0v) is 9.43. The summed E-state index contributed by atoms with van der Waals surface area (Å²) < 4.78 is 0. The van der Waals surface area contributed by atoms with Crippen molar-refractivity contribution in [2.45, 2.75) is 37.5 Å². The Morgan fingerprint density at radius 2 is 1.23 bits per heavy atom. The molecule has 0 unspecified atom stereocenters. The molecular weight excluding hydrogens is 172 g/mol. The monoisotopic (exact) mass is 188 g/mol. The maximum absolute atomic E-state index is 5.36. The van der Waals surface area contributed by atoms with E-state index in [2.05, 4.69) is 31.6 Å². The SMILES string of the molecule is C#CC[Si](CC#C)(CC#C)C(C)C. The predicted molar refractivity (Wildman–Crippen MR) is 61.8 cm³/mol. The van der Waals surface area contributed by atoms with Crippen molar-refractivity contribution in [2.75, 3.05) is 0 Å². The highest BCUT2D eigenvalue weighted by Gasteiger charge is 2.33. The van der Waals surface area contributed by atoms with Crippen molar-refractivity contribution in [3.8, 4) is 37.0 Å². The zero-order valence-electron chi connectivity index (χ0n) is 8.43. The first-order valence-electron chi connectivity index (χ1n) is 4.43. The third-order valence-electron chi connectivity index (χ3n) is 2.59. The van der Waals surface area contributed by atoms with Crippen LogP contribution >= 0.6 is 0 Å². The third kappa shape index (κ3) is 3.02. The van der Waals surface area contributed by atoms with E-state index in [1.165, 1.54) is 0 Å². The van der Waals surface area contributed by atoms with Gasteiger partial charge in [0, 0.05) is 18.1 Å². The normalized spacial score (nSPS) is 10.2. The van der Waals surface area contributed by atoms with Gasteiger partial charge in [-0.15, -0.1) is 37.0 Å². The molecule has 0 aliphatic rings. The summed E-state index contributed by atoms with van der Waals surface area (Å²) in [6.45, 7) is 4.36. The summed E-state index contributed by atoms with van der Waals surface area (Å²) in [5.74, 6) is 8.19. The van der Waals surface area contributed by atoms with Crippen LogP contribution in [0.2, 0.25) is 23.7 Å². The van der Waals surface area contributed by atoms with Gasteiger partial charge >= 0.3 is 0 Å². The van der Waals surface area contributed by atoms with E-state index in [1.54, 1.807) is 0 Å². The standard InChI is InChI=1S/C12H16Si/c1-6-9-13(10-7-2,11-8-3)12(4)5/h1-3,12H,9-11H2,4-5H3. The Kier molecular flexibility index (Phi) is 5.06. The van der Waals surface area contributed by atoms with Gasteiger partial charge < -0.3 is 0 Å². The van der Waals surface area contributed by atoms with Crippen LogP contribution in [0.1, 0.15) is 13.8 Å². The Morgan fingerprint density at radius 1 is 0.923 bits per heavy atom. The molecule has 0 aromatic carbocycles. The van der Waals surface area contributed by atoms with Crippen LogP contribution in [0.5, 0.6) is 0 Å². The molecule has 13 heavy (non-hydrogen) atoms. The Bertz CT molecular complexity index is 226. The van der Waals surface area contributed by atoms with E-state index in [4.69, 9.17) is 19.3 Å². The van der Waals surface area contributed by atoms with Crippen LogP contribution in [0.3, 0.4) is 0 Å². The van der Waals surface area contributed by atoms with Gasteiger partial charge in [0.05, 0.1) is 8.07 Å². The fraction of sp³-hybridized carbons (Fsp3) is 0.500. The molecule has 0 nitrogen and oxygen atoms in total. The van der Waals surface area contributed by atoms with Crippen LogP contribution in [0.25, 0.3) is 0 Å². The van der Waals surface area contributed by atoms with Crippen LogP contribution in [0.15, 0.2) is 0 Å². The highest BCUT2D eigenvalue weighted by molar-refractivity contribution is 6.82. The quantitative estimate of drug-likeness (QED) is 0.470. The van der Waals surface area contributed by atoms with E-state index in [0.717, 1.165) is 18.1 Å². The topological polar surface area (TPSA) is 0 Å². The zero-order chi connectivity index (χ0) is 10.3. The maximum atomic E-state index is 5.36. The summed E-state index contributed by atoms with van der Waals surface area (Å²) >= 11 is 0. The maximum Gasteiger partial charge on any atom is 0.0934 e. The van der Waals surface area contributed by atoms with E-state index < -0.39 is 8.07 Å². The lowest BCUT2D eigenvalue weighted by Gasteiger charge is -2.30. The molecule has 0 N–H and O–H groups in total. The largest absolute Gasteiger partial charge is 0.120 e. The van der Waals surface area contributed by atoms with E-state index in [-0.39, 0.29) is 0 Å². The molecule has 68 valence electrons. The summed E-state index contributed by atoms with van der Waals surface area (Å²) in [7, 11) is -1.58. The average molecular weight is 188 g/mol. The van der Waals surface area contributed by atoms with E-state index >= 15 is 0 Å². The molecule has 0 spiro atoms. The van der Waals surface area contributed by atoms with Crippen molar-refractivity contribution < 1.29 is 0 Å². The molecule has 0 saturated heterocycles. The van der Waals surface area contributed by atoms with Gasteiger partial charge in [0.2, 0.25) is 0 Å². The first-order valence-corrected chi connectivity index (χ1v) is 7.13. The molecule has 0 saturated carbocycles. The highest BCUT2D eigenvalue weighted by Crippen LogP contribution is 2.32. The van der Waals surface area contributed by atoms with Crippen molar-refractivity contribution in [3.63, 3.8) is 0 Å². The number of hydrogen-bond donors (Lipinski definition) is 0. The second-order valence-electron chi connectivity index (χ2n) is 3.66. The number of terminal acetylenes is 3. The first kappa shape index (κ1) is 11.9. The minimum atomic E-state index is -1.58. The summed E-state index contributed by atoms with van der Waals surface area (Å²) in [6, 6.07) is 2.41. The van der Waals surface area contributed by atoms with Gasteiger partial charge in [-0.05, 0) is 5.54 Å². The molecule has 0 rings (SSSR count). The number of hydrogen-bond acceptors (Lipinski definition) is 0. The van der Waals surface area contributed by atoms with Crippen LogP contribution in [0, 0.1) is 37.0 Å². The van der Waals surface area contributed by atoms with E-state index in [1.807, 2.05) is 0 Å². The van der Waals surface area contributed by atoms with Crippen molar-refractivity contribution in [1.29, 1.82) is 0 Å². The highest BCUT2D eigenvalue weighted by atomic mass is 28.3. The smallest absolute Gasteiger partial charge is 0.0934 e. The van der Waals surface area contributed by atoms with Crippen LogP contribution in [-0.2, 0) is 0 Å². The molecule has 0 aliphatic carbocycles. The molecule has 0 atom stereocenters. The van der Waals surface area contributed by atoms with Crippen LogP contribution in [0.4, 0.5) is 0 Å². The van der Waals surface area contributed by atoms with Gasteiger partial charge in [-0.1, -0.05) is 13.8 Å². The molecule has 0 amide bonds. The van der Waals surface area contributed by atoms with Crippen molar-refractivity contribution in [1.82, 2.24) is 0 Å². The molecule has 0 aromatic heterocycles. The van der Waals surface area contributed by atoms with Gasteiger partial charge in [0.1, 0.15) is 0 Å². The van der Waals surface area contributed by atoms with Gasteiger partial charge in [0.25, 0.3) is 0 Å². The van der Waals surface area contributed by atoms with Gasteiger partial charge in [-0.3, -0.25) is 0 Å². The number of rotatable bonds is 4. The lowest BCUT2D eigenvalue weighted by molar-refractivity contribution is 0.985. The molecule has 0 heterocycles. The summed E-state index contributed by atoms with van der Waals surface area (Å²) in [5, 5.41) is 0. The predicted octanol–water partition coefficient (Wildman–Crippen LogP) is 2.74. The Labute approximate surface area is 83.1 Å². The fourth-order valence-corrected chi connectivity index (χ4v) is 4.23. The summed E-state index contributed by atoms with van der Waals surface area (Å²) in [6.07, 6.45) is 16.1. The Balaban J connectivity index is 4.75. The molecule has 1 heteroatoms. The summed E-state index contributed by atoms with van der Waals surface area (Å²) in [4.78, 5) is 0. The summed E-state index contributed by atoms with van der Waals surface area (Å²) in [5.41, 5.74) is 0.565. The van der Waals surface area contributed by atoms with Crippen molar-refractivity contribution in [2.24, 2.45) is 0 Å². The van der Waals surface area contributed by atoms with Crippen molar-refractivity contribution >= 4 is 8.07 Å². The van der Waals surface area contributed by atoms with Crippen LogP contribution < -0.4 is 0 Å². The molecule has 0 bridgehead atoms. The second-order valence-corrected chi connectivity index (χ2v) is 8.60. The molecule has 0 radical (unpaired) electrons. The lowest BCUT2D eigenvalue weighted by Crippen LogP contribution is -2.36. The van der Waals surface area contributed by atoms with E-state index in [0.29, 0.717) is 5.54 Å². The minimum Gasteiger partial charge on any atom is -0.120 e. The lowest BCUT2D eigenvalue weighted by atomic mass is 10.6. The molecular formula is C12H16Si. The average Bonchev–Trinajstić information content (AvgIpc) is 2.05. The first-order chi connectivity index (χ1) is 6.13. The molecule has 0 fully saturated rings. The van der Waals surface area contributed by atoms with Gasteiger partial charge in [0.15, 0.2) is 0 Å². The van der Waals surface area contributed by atoms with E-state index in [9.17, 15) is 0 Å². The molecule has 0 aliphatic heterocycles.